The van der Waals surface area contributed by atoms with Crippen molar-refractivity contribution in [1.29, 1.82) is 0 Å². The Kier molecular flexibility index (Phi) is 2.76. The third-order valence-corrected chi connectivity index (χ3v) is 3.07. The second-order valence-corrected chi connectivity index (χ2v) is 4.30. The van der Waals surface area contributed by atoms with E-state index in [0.717, 1.165) is 25.2 Å². The molecule has 0 fully saturated rings. The van der Waals surface area contributed by atoms with Crippen molar-refractivity contribution < 1.29 is 4.79 Å². The number of fused-ring (bicyclic) bond motifs is 1. The van der Waals surface area contributed by atoms with Gasteiger partial charge in [-0.05, 0) is 6.42 Å². The van der Waals surface area contributed by atoms with Crippen molar-refractivity contribution in [2.24, 2.45) is 0 Å². The van der Waals surface area contributed by atoms with Crippen molar-refractivity contribution in [3.05, 3.63) is 42.5 Å². The number of amides is 1. The Bertz CT molecular complexity index is 551. The van der Waals surface area contributed by atoms with Gasteiger partial charge in [-0.2, -0.15) is 0 Å². The van der Waals surface area contributed by atoms with E-state index in [1.807, 2.05) is 6.20 Å². The van der Waals surface area contributed by atoms with Crippen LogP contribution in [0.15, 0.2) is 31.0 Å². The lowest BCUT2D eigenvalue weighted by Gasteiger charge is -2.24. The maximum Gasteiger partial charge on any atom is 0.271 e. The number of nitrogens with zero attached hydrogens (tertiary/aromatic N) is 4. The number of aryl methyl sites for hydroxylation is 1. The average molecular weight is 243 g/mol. The van der Waals surface area contributed by atoms with Crippen LogP contribution in [0.5, 0.6) is 0 Å². The second kappa shape index (κ2) is 4.56. The molecule has 92 valence electrons. The summed E-state index contributed by atoms with van der Waals surface area (Å²) in [7, 11) is 0. The van der Waals surface area contributed by atoms with Crippen LogP contribution in [0.3, 0.4) is 0 Å². The molecule has 0 bridgehead atoms. The summed E-state index contributed by atoms with van der Waals surface area (Å²) in [6.07, 6.45) is 10.1. The summed E-state index contributed by atoms with van der Waals surface area (Å²) < 4.78 is 2.07. The van der Waals surface area contributed by atoms with Gasteiger partial charge < -0.3 is 9.88 Å². The Morgan fingerprint density at radius 3 is 3.11 bits per heavy atom. The summed E-state index contributed by atoms with van der Waals surface area (Å²) in [5.74, 6) is 0.914. The largest absolute Gasteiger partial charge is 0.346 e. The normalized spacial score (nSPS) is 18.1. The van der Waals surface area contributed by atoms with E-state index in [0.29, 0.717) is 5.69 Å². The monoisotopic (exact) mass is 243 g/mol. The van der Waals surface area contributed by atoms with E-state index in [-0.39, 0.29) is 11.9 Å². The summed E-state index contributed by atoms with van der Waals surface area (Å²) in [5, 5.41) is 2.98. The van der Waals surface area contributed by atoms with Crippen molar-refractivity contribution >= 4 is 5.91 Å². The van der Waals surface area contributed by atoms with Gasteiger partial charge in [0.2, 0.25) is 0 Å². The van der Waals surface area contributed by atoms with E-state index in [2.05, 4.69) is 24.8 Å². The quantitative estimate of drug-likeness (QED) is 0.829. The van der Waals surface area contributed by atoms with Gasteiger partial charge in [0.15, 0.2) is 0 Å². The van der Waals surface area contributed by atoms with Crippen LogP contribution in [0.2, 0.25) is 0 Å². The summed E-state index contributed by atoms with van der Waals surface area (Å²) in [6.45, 7) is 0.765. The highest BCUT2D eigenvalue weighted by Crippen LogP contribution is 2.13. The molecule has 1 atom stereocenters. The van der Waals surface area contributed by atoms with Gasteiger partial charge in [-0.3, -0.25) is 9.78 Å². The lowest BCUT2D eigenvalue weighted by Crippen LogP contribution is -2.41. The summed E-state index contributed by atoms with van der Waals surface area (Å²) in [5.41, 5.74) is 0.355. The van der Waals surface area contributed by atoms with Crippen LogP contribution in [0, 0.1) is 0 Å². The molecule has 1 amide bonds. The number of hydrogen-bond acceptors (Lipinski definition) is 4. The number of carbonyl (C=O) groups excluding carboxylic acids is 1. The summed E-state index contributed by atoms with van der Waals surface area (Å²) in [4.78, 5) is 24.1. The first kappa shape index (κ1) is 10.9. The predicted octanol–water partition coefficient (Wildman–Crippen LogP) is 0.418. The lowest BCUT2D eigenvalue weighted by atomic mass is 10.1. The van der Waals surface area contributed by atoms with E-state index in [1.165, 1.54) is 12.4 Å². The molecular weight excluding hydrogens is 230 g/mol. The molecule has 0 saturated heterocycles. The molecule has 3 rings (SSSR count). The molecule has 2 aromatic rings. The predicted molar refractivity (Wildman–Crippen MR) is 63.8 cm³/mol. The van der Waals surface area contributed by atoms with Gasteiger partial charge in [0.25, 0.3) is 5.91 Å². The van der Waals surface area contributed by atoms with Crippen LogP contribution in [-0.2, 0) is 13.0 Å². The number of nitrogens with one attached hydrogen (secondary N) is 1. The van der Waals surface area contributed by atoms with Gasteiger partial charge >= 0.3 is 0 Å². The molecule has 1 aliphatic rings. The minimum atomic E-state index is -0.170. The Hall–Kier alpha value is -2.24. The zero-order valence-electron chi connectivity index (χ0n) is 9.78. The van der Waals surface area contributed by atoms with Crippen molar-refractivity contribution in [1.82, 2.24) is 24.8 Å². The van der Waals surface area contributed by atoms with Crippen molar-refractivity contribution in [2.45, 2.75) is 25.4 Å². The van der Waals surface area contributed by atoms with Gasteiger partial charge in [-0.1, -0.05) is 0 Å². The molecule has 0 radical (unpaired) electrons. The highest BCUT2D eigenvalue weighted by Gasteiger charge is 2.21. The number of hydrogen-bond donors (Lipinski definition) is 1. The van der Waals surface area contributed by atoms with Gasteiger partial charge in [0, 0.05) is 43.8 Å². The van der Waals surface area contributed by atoms with Crippen LogP contribution in [0.4, 0.5) is 0 Å². The molecule has 6 nitrogen and oxygen atoms in total. The van der Waals surface area contributed by atoms with Crippen LogP contribution >= 0.6 is 0 Å². The minimum Gasteiger partial charge on any atom is -0.346 e. The van der Waals surface area contributed by atoms with Crippen molar-refractivity contribution in [2.75, 3.05) is 0 Å². The maximum absolute atomic E-state index is 11.9. The van der Waals surface area contributed by atoms with Crippen molar-refractivity contribution in [3.63, 3.8) is 0 Å². The highest BCUT2D eigenvalue weighted by molar-refractivity contribution is 5.92. The SMILES string of the molecule is O=C(N[C@@H]1CCc2nccn2C1)c1cnccn1. The first-order chi connectivity index (χ1) is 8.83. The Balaban J connectivity index is 1.67. The van der Waals surface area contributed by atoms with E-state index >= 15 is 0 Å². The summed E-state index contributed by atoms with van der Waals surface area (Å²) >= 11 is 0. The first-order valence-electron chi connectivity index (χ1n) is 5.90. The third kappa shape index (κ3) is 2.09. The first-order valence-corrected chi connectivity index (χ1v) is 5.90. The Morgan fingerprint density at radius 2 is 2.28 bits per heavy atom. The Morgan fingerprint density at radius 1 is 1.33 bits per heavy atom. The number of rotatable bonds is 2. The van der Waals surface area contributed by atoms with Gasteiger partial charge in [0.05, 0.1) is 6.20 Å². The molecule has 0 aromatic carbocycles. The Labute approximate surface area is 104 Å². The number of imidazole rings is 1. The third-order valence-electron chi connectivity index (χ3n) is 3.07. The zero-order chi connectivity index (χ0) is 12.4. The highest BCUT2D eigenvalue weighted by atomic mass is 16.1. The fourth-order valence-corrected chi connectivity index (χ4v) is 2.16. The average Bonchev–Trinajstić information content (AvgIpc) is 2.87. The topological polar surface area (TPSA) is 72.7 Å². The smallest absolute Gasteiger partial charge is 0.271 e. The van der Waals surface area contributed by atoms with Crippen LogP contribution in [0.25, 0.3) is 0 Å². The lowest BCUT2D eigenvalue weighted by molar-refractivity contribution is 0.0922. The molecule has 0 spiro atoms. The van der Waals surface area contributed by atoms with Gasteiger partial charge in [-0.25, -0.2) is 9.97 Å². The molecule has 6 heteroatoms. The fourth-order valence-electron chi connectivity index (χ4n) is 2.16. The molecular formula is C12H13N5O. The van der Waals surface area contributed by atoms with Crippen molar-refractivity contribution in [3.8, 4) is 0 Å². The molecule has 1 aliphatic heterocycles. The fraction of sp³-hybridized carbons (Fsp3) is 0.333. The van der Waals surface area contributed by atoms with E-state index in [1.54, 1.807) is 12.4 Å². The molecule has 0 aliphatic carbocycles. The maximum atomic E-state index is 11.9. The molecule has 0 saturated carbocycles. The molecule has 18 heavy (non-hydrogen) atoms. The van der Waals surface area contributed by atoms with Crippen LogP contribution in [0.1, 0.15) is 22.7 Å². The van der Waals surface area contributed by atoms with Crippen LogP contribution in [-0.4, -0.2) is 31.5 Å². The van der Waals surface area contributed by atoms with E-state index < -0.39 is 0 Å². The molecule has 3 heterocycles. The number of aromatic nitrogens is 4. The standard InChI is InChI=1S/C12H13N5O/c18-12(10-7-13-3-4-14-10)16-9-1-2-11-15-5-6-17(11)8-9/h3-7,9H,1-2,8H2,(H,16,18)/t9-/m1/s1. The van der Waals surface area contributed by atoms with Gasteiger partial charge in [-0.15, -0.1) is 0 Å². The molecule has 2 aromatic heterocycles. The van der Waals surface area contributed by atoms with Gasteiger partial charge in [0.1, 0.15) is 11.5 Å². The number of carbonyl (C=O) groups is 1. The zero-order valence-corrected chi connectivity index (χ0v) is 9.78. The second-order valence-electron chi connectivity index (χ2n) is 4.30. The minimum absolute atomic E-state index is 0.126. The van der Waals surface area contributed by atoms with Crippen LogP contribution < -0.4 is 5.32 Å². The summed E-state index contributed by atoms with van der Waals surface area (Å²) in [6, 6.07) is 0.126. The van der Waals surface area contributed by atoms with E-state index in [9.17, 15) is 4.79 Å². The molecule has 0 unspecified atom stereocenters. The molecule has 1 N–H and O–H groups in total. The van der Waals surface area contributed by atoms with E-state index in [4.69, 9.17) is 0 Å².